The van der Waals surface area contributed by atoms with Gasteiger partial charge in [0.1, 0.15) is 5.70 Å². The Bertz CT molecular complexity index is 774. The average molecular weight is 306 g/mol. The molecular weight excluding hydrogens is 288 g/mol. The highest BCUT2D eigenvalue weighted by Crippen LogP contribution is 2.17. The van der Waals surface area contributed by atoms with Crippen molar-refractivity contribution >= 4 is 18.0 Å². The fourth-order valence-electron chi connectivity index (χ4n) is 2.42. The summed E-state index contributed by atoms with van der Waals surface area (Å²) in [6, 6.07) is 15.2. The van der Waals surface area contributed by atoms with E-state index in [1.54, 1.807) is 6.08 Å². The largest absolute Gasteiger partial charge is 0.329 e. The molecular formula is C19H18N2O2. The van der Waals surface area contributed by atoms with E-state index >= 15 is 0 Å². The molecule has 1 fully saturated rings. The van der Waals surface area contributed by atoms with Crippen molar-refractivity contribution in [2.75, 3.05) is 0 Å². The van der Waals surface area contributed by atoms with E-state index in [-0.39, 0.29) is 18.5 Å². The minimum atomic E-state index is -0.381. The summed E-state index contributed by atoms with van der Waals surface area (Å²) in [6.07, 6.45) is 1.70. The lowest BCUT2D eigenvalue weighted by Gasteiger charge is -2.11. The smallest absolute Gasteiger partial charge is 0.303 e. The van der Waals surface area contributed by atoms with Crippen LogP contribution in [0.2, 0.25) is 0 Å². The third-order valence-corrected chi connectivity index (χ3v) is 3.81. The molecule has 4 heteroatoms. The summed E-state index contributed by atoms with van der Waals surface area (Å²) >= 11 is 0. The third-order valence-electron chi connectivity index (χ3n) is 3.81. The zero-order valence-corrected chi connectivity index (χ0v) is 13.2. The van der Waals surface area contributed by atoms with Gasteiger partial charge in [0.05, 0.1) is 6.54 Å². The number of urea groups is 1. The lowest BCUT2D eigenvalue weighted by atomic mass is 10.1. The van der Waals surface area contributed by atoms with E-state index in [0.29, 0.717) is 5.70 Å². The maximum atomic E-state index is 12.4. The molecule has 0 spiro atoms. The highest BCUT2D eigenvalue weighted by molar-refractivity contribution is 6.13. The van der Waals surface area contributed by atoms with E-state index in [9.17, 15) is 9.59 Å². The van der Waals surface area contributed by atoms with Gasteiger partial charge in [0.15, 0.2) is 0 Å². The summed E-state index contributed by atoms with van der Waals surface area (Å²) < 4.78 is 0. The molecule has 1 aliphatic heterocycles. The van der Waals surface area contributed by atoms with Crippen molar-refractivity contribution in [3.05, 3.63) is 76.5 Å². The van der Waals surface area contributed by atoms with Gasteiger partial charge in [-0.3, -0.25) is 9.69 Å². The second-order valence-electron chi connectivity index (χ2n) is 5.78. The Balaban J connectivity index is 1.79. The highest BCUT2D eigenvalue weighted by atomic mass is 16.2. The van der Waals surface area contributed by atoms with Crippen molar-refractivity contribution in [3.63, 3.8) is 0 Å². The Kier molecular flexibility index (Phi) is 3.98. The van der Waals surface area contributed by atoms with Gasteiger partial charge in [-0.05, 0) is 31.1 Å². The van der Waals surface area contributed by atoms with Crippen LogP contribution in [0.4, 0.5) is 4.79 Å². The summed E-state index contributed by atoms with van der Waals surface area (Å²) in [5.41, 5.74) is 4.42. The number of amides is 3. The SMILES string of the molecule is Cc1ccc(C=C2NC(=O)N(Cc3ccc(C)cc3)C2=O)cc1. The van der Waals surface area contributed by atoms with Crippen LogP contribution >= 0.6 is 0 Å². The van der Waals surface area contributed by atoms with Crippen molar-refractivity contribution < 1.29 is 9.59 Å². The molecule has 1 aliphatic rings. The van der Waals surface area contributed by atoms with E-state index in [1.165, 1.54) is 4.90 Å². The standard InChI is InChI=1S/C19H18N2O2/c1-13-3-7-15(8-4-13)11-17-18(22)21(19(23)20-17)12-16-9-5-14(2)6-10-16/h3-11H,12H2,1-2H3,(H,20,23). The number of rotatable bonds is 3. The molecule has 0 aliphatic carbocycles. The van der Waals surface area contributed by atoms with Gasteiger partial charge in [-0.15, -0.1) is 0 Å². The van der Waals surface area contributed by atoms with E-state index in [2.05, 4.69) is 5.32 Å². The molecule has 3 amide bonds. The van der Waals surface area contributed by atoms with Crippen LogP contribution in [0.1, 0.15) is 22.3 Å². The summed E-state index contributed by atoms with van der Waals surface area (Å²) in [7, 11) is 0. The first-order valence-corrected chi connectivity index (χ1v) is 7.50. The molecule has 3 rings (SSSR count). The summed E-state index contributed by atoms with van der Waals surface area (Å²) in [5, 5.41) is 2.65. The van der Waals surface area contributed by atoms with Crippen molar-refractivity contribution in [2.24, 2.45) is 0 Å². The van der Waals surface area contributed by atoms with Crippen LogP contribution in [-0.2, 0) is 11.3 Å². The minimum absolute atomic E-state index is 0.274. The van der Waals surface area contributed by atoms with Crippen LogP contribution in [0.3, 0.4) is 0 Å². The summed E-state index contributed by atoms with van der Waals surface area (Å²) in [5.74, 6) is -0.295. The molecule has 0 atom stereocenters. The van der Waals surface area contributed by atoms with Crippen LogP contribution in [0.25, 0.3) is 6.08 Å². The highest BCUT2D eigenvalue weighted by Gasteiger charge is 2.33. The van der Waals surface area contributed by atoms with Crippen molar-refractivity contribution in [2.45, 2.75) is 20.4 Å². The second kappa shape index (κ2) is 6.08. The van der Waals surface area contributed by atoms with Gasteiger partial charge in [0.25, 0.3) is 5.91 Å². The van der Waals surface area contributed by atoms with Crippen LogP contribution < -0.4 is 5.32 Å². The van der Waals surface area contributed by atoms with E-state index in [4.69, 9.17) is 0 Å². The maximum absolute atomic E-state index is 12.4. The van der Waals surface area contributed by atoms with Gasteiger partial charge in [0, 0.05) is 0 Å². The van der Waals surface area contributed by atoms with Crippen molar-refractivity contribution in [3.8, 4) is 0 Å². The van der Waals surface area contributed by atoms with Crippen LogP contribution in [-0.4, -0.2) is 16.8 Å². The van der Waals surface area contributed by atoms with E-state index < -0.39 is 0 Å². The first-order valence-electron chi connectivity index (χ1n) is 7.50. The molecule has 1 heterocycles. The Morgan fingerprint density at radius 3 is 2.09 bits per heavy atom. The van der Waals surface area contributed by atoms with Crippen LogP contribution in [0, 0.1) is 13.8 Å². The van der Waals surface area contributed by atoms with Crippen molar-refractivity contribution in [1.29, 1.82) is 0 Å². The lowest BCUT2D eigenvalue weighted by molar-refractivity contribution is -0.123. The van der Waals surface area contributed by atoms with Gasteiger partial charge in [-0.2, -0.15) is 0 Å². The lowest BCUT2D eigenvalue weighted by Crippen LogP contribution is -2.30. The Hall–Kier alpha value is -2.88. The number of hydrogen-bond acceptors (Lipinski definition) is 2. The maximum Gasteiger partial charge on any atom is 0.329 e. The summed E-state index contributed by atoms with van der Waals surface area (Å²) in [6.45, 7) is 4.28. The minimum Gasteiger partial charge on any atom is -0.303 e. The molecule has 1 saturated heterocycles. The molecule has 2 aromatic carbocycles. The number of nitrogens with zero attached hydrogens (tertiary/aromatic N) is 1. The zero-order chi connectivity index (χ0) is 16.4. The quantitative estimate of drug-likeness (QED) is 0.698. The molecule has 0 aromatic heterocycles. The van der Waals surface area contributed by atoms with E-state index in [1.807, 2.05) is 62.4 Å². The molecule has 0 saturated carbocycles. The van der Waals surface area contributed by atoms with Crippen molar-refractivity contribution in [1.82, 2.24) is 10.2 Å². The number of benzene rings is 2. The molecule has 0 bridgehead atoms. The van der Waals surface area contributed by atoms with E-state index in [0.717, 1.165) is 22.3 Å². The van der Waals surface area contributed by atoms with Gasteiger partial charge >= 0.3 is 6.03 Å². The van der Waals surface area contributed by atoms with Crippen LogP contribution in [0.15, 0.2) is 54.2 Å². The normalized spacial score (nSPS) is 16.1. The Morgan fingerprint density at radius 1 is 0.913 bits per heavy atom. The molecule has 0 unspecified atom stereocenters. The number of nitrogens with one attached hydrogen (secondary N) is 1. The zero-order valence-electron chi connectivity index (χ0n) is 13.2. The number of carbonyl (C=O) groups excluding carboxylic acids is 2. The molecule has 0 radical (unpaired) electrons. The Morgan fingerprint density at radius 2 is 1.48 bits per heavy atom. The monoisotopic (exact) mass is 306 g/mol. The molecule has 4 nitrogen and oxygen atoms in total. The van der Waals surface area contributed by atoms with Crippen LogP contribution in [0.5, 0.6) is 0 Å². The number of hydrogen-bond donors (Lipinski definition) is 1. The topological polar surface area (TPSA) is 49.4 Å². The predicted molar refractivity (Wildman–Crippen MR) is 89.4 cm³/mol. The first-order chi connectivity index (χ1) is 11.0. The number of carbonyl (C=O) groups is 2. The molecule has 1 N–H and O–H groups in total. The fourth-order valence-corrected chi connectivity index (χ4v) is 2.42. The second-order valence-corrected chi connectivity index (χ2v) is 5.78. The number of imide groups is 1. The summed E-state index contributed by atoms with van der Waals surface area (Å²) in [4.78, 5) is 25.7. The molecule has 116 valence electrons. The van der Waals surface area contributed by atoms with Gasteiger partial charge in [-0.1, -0.05) is 59.7 Å². The number of aryl methyl sites for hydroxylation is 2. The predicted octanol–water partition coefficient (Wildman–Crippen LogP) is 3.40. The Labute approximate surface area is 135 Å². The van der Waals surface area contributed by atoms with Gasteiger partial charge < -0.3 is 5.32 Å². The van der Waals surface area contributed by atoms with Gasteiger partial charge in [-0.25, -0.2) is 4.79 Å². The fraction of sp³-hybridized carbons (Fsp3) is 0.158. The molecule has 2 aromatic rings. The van der Waals surface area contributed by atoms with Gasteiger partial charge in [0.2, 0.25) is 0 Å². The third kappa shape index (κ3) is 3.31. The first kappa shape index (κ1) is 15.0. The molecule has 23 heavy (non-hydrogen) atoms. The average Bonchev–Trinajstić information content (AvgIpc) is 2.79.